The maximum atomic E-state index is 12.5. The van der Waals surface area contributed by atoms with Gasteiger partial charge in [0.2, 0.25) is 0 Å². The van der Waals surface area contributed by atoms with Crippen LogP contribution in [-0.4, -0.2) is 59.6 Å². The molecule has 0 aliphatic carbocycles. The predicted octanol–water partition coefficient (Wildman–Crippen LogP) is -0.912. The molecular formula is C17H24ClN7O3. The highest BCUT2D eigenvalue weighted by molar-refractivity contribution is 6.30. The van der Waals surface area contributed by atoms with Crippen molar-refractivity contribution in [3.63, 3.8) is 0 Å². The van der Waals surface area contributed by atoms with Crippen LogP contribution in [0.25, 0.3) is 0 Å². The second-order valence-corrected chi connectivity index (χ2v) is 6.51. The molecule has 2 aliphatic heterocycles. The molecule has 0 aromatic rings. The molecule has 0 saturated heterocycles. The molecule has 0 saturated carbocycles. The van der Waals surface area contributed by atoms with Crippen molar-refractivity contribution in [3.8, 4) is 0 Å². The number of nitrogens with one attached hydrogen (secondary N) is 3. The van der Waals surface area contributed by atoms with E-state index in [9.17, 15) is 14.7 Å². The van der Waals surface area contributed by atoms with Gasteiger partial charge in [-0.1, -0.05) is 31.2 Å². The predicted molar refractivity (Wildman–Crippen MR) is 107 cm³/mol. The summed E-state index contributed by atoms with van der Waals surface area (Å²) in [6, 6.07) is -0.937. The first kappa shape index (κ1) is 21.3. The Labute approximate surface area is 167 Å². The van der Waals surface area contributed by atoms with E-state index in [1.807, 2.05) is 11.8 Å². The summed E-state index contributed by atoms with van der Waals surface area (Å²) in [4.78, 5) is 29.6. The van der Waals surface area contributed by atoms with Crippen molar-refractivity contribution in [1.29, 1.82) is 0 Å². The summed E-state index contributed by atoms with van der Waals surface area (Å²) < 4.78 is 0. The van der Waals surface area contributed by atoms with Crippen molar-refractivity contribution in [2.24, 2.45) is 16.5 Å². The van der Waals surface area contributed by atoms with Gasteiger partial charge in [0.05, 0.1) is 18.3 Å². The van der Waals surface area contributed by atoms with Crippen molar-refractivity contribution >= 4 is 29.3 Å². The summed E-state index contributed by atoms with van der Waals surface area (Å²) in [7, 11) is 0. The van der Waals surface area contributed by atoms with Crippen molar-refractivity contribution in [3.05, 3.63) is 47.1 Å². The largest absolute Gasteiger partial charge is 0.478 e. The van der Waals surface area contributed by atoms with E-state index in [4.69, 9.17) is 23.1 Å². The Bertz CT molecular complexity index is 788. The zero-order valence-corrected chi connectivity index (χ0v) is 16.2. The van der Waals surface area contributed by atoms with Gasteiger partial charge in [-0.2, -0.15) is 0 Å². The van der Waals surface area contributed by atoms with E-state index in [1.54, 1.807) is 12.2 Å². The SMILES string of the molecule is C=C1/C=C\C(C(=O)O)=C/CN(CC)C(CNC(=O)C2NC(Cl)=C(N)N=C2N)N1. The molecule has 11 heteroatoms. The minimum Gasteiger partial charge on any atom is -0.478 e. The number of amides is 1. The molecule has 10 nitrogen and oxygen atoms in total. The van der Waals surface area contributed by atoms with Crippen LogP contribution in [0, 0.1) is 0 Å². The highest BCUT2D eigenvalue weighted by Gasteiger charge is 2.28. The highest BCUT2D eigenvalue weighted by atomic mass is 35.5. The third-order valence-electron chi connectivity index (χ3n) is 4.23. The Morgan fingerprint density at radius 1 is 1.43 bits per heavy atom. The Kier molecular flexibility index (Phi) is 7.07. The lowest BCUT2D eigenvalue weighted by molar-refractivity contribution is -0.132. The summed E-state index contributed by atoms with van der Waals surface area (Å²) in [5, 5.41) is 18.0. The number of rotatable bonds is 5. The fourth-order valence-corrected chi connectivity index (χ4v) is 2.82. The van der Waals surface area contributed by atoms with Crippen LogP contribution in [-0.2, 0) is 9.59 Å². The van der Waals surface area contributed by atoms with Gasteiger partial charge in [-0.3, -0.25) is 9.69 Å². The lowest BCUT2D eigenvalue weighted by Crippen LogP contribution is -2.57. The van der Waals surface area contributed by atoms with Crippen molar-refractivity contribution < 1.29 is 14.7 Å². The van der Waals surface area contributed by atoms with Gasteiger partial charge in [-0.25, -0.2) is 9.79 Å². The number of nitrogens with two attached hydrogens (primary N) is 2. The first-order chi connectivity index (χ1) is 13.2. The first-order valence-corrected chi connectivity index (χ1v) is 8.95. The van der Waals surface area contributed by atoms with Gasteiger partial charge in [0.15, 0.2) is 11.9 Å². The van der Waals surface area contributed by atoms with Gasteiger partial charge < -0.3 is 32.5 Å². The molecule has 1 amide bonds. The fourth-order valence-electron chi connectivity index (χ4n) is 2.67. The lowest BCUT2D eigenvalue weighted by Gasteiger charge is -2.32. The summed E-state index contributed by atoms with van der Waals surface area (Å²) in [5.74, 6) is -1.42. The summed E-state index contributed by atoms with van der Waals surface area (Å²) >= 11 is 5.89. The molecule has 28 heavy (non-hydrogen) atoms. The molecule has 0 aromatic heterocycles. The van der Waals surface area contributed by atoms with E-state index in [0.29, 0.717) is 18.8 Å². The number of aliphatic carboxylic acids is 1. The van der Waals surface area contributed by atoms with Gasteiger partial charge in [0.1, 0.15) is 11.0 Å². The molecule has 2 aliphatic rings. The van der Waals surface area contributed by atoms with Crippen molar-refractivity contribution in [2.75, 3.05) is 19.6 Å². The van der Waals surface area contributed by atoms with E-state index >= 15 is 0 Å². The van der Waals surface area contributed by atoms with Crippen LogP contribution in [0.15, 0.2) is 52.0 Å². The summed E-state index contributed by atoms with van der Waals surface area (Å²) in [6.07, 6.45) is 4.34. The molecule has 0 bridgehead atoms. The molecule has 2 rings (SSSR count). The van der Waals surface area contributed by atoms with Crippen molar-refractivity contribution in [1.82, 2.24) is 20.9 Å². The van der Waals surface area contributed by atoms with Crippen LogP contribution >= 0.6 is 11.6 Å². The third-order valence-corrected chi connectivity index (χ3v) is 4.53. The Balaban J connectivity index is 2.08. The van der Waals surface area contributed by atoms with E-state index in [2.05, 4.69) is 27.5 Å². The molecular weight excluding hydrogens is 386 g/mol. The Hall–Kier alpha value is -2.98. The van der Waals surface area contributed by atoms with Gasteiger partial charge in [0.25, 0.3) is 5.91 Å². The number of hydrogen-bond donors (Lipinski definition) is 6. The maximum Gasteiger partial charge on any atom is 0.335 e. The average molecular weight is 410 g/mol. The van der Waals surface area contributed by atoms with Gasteiger partial charge in [0, 0.05) is 12.2 Å². The molecule has 2 heterocycles. The van der Waals surface area contributed by atoms with Crippen LogP contribution in [0.3, 0.4) is 0 Å². The zero-order valence-electron chi connectivity index (χ0n) is 15.4. The smallest absolute Gasteiger partial charge is 0.335 e. The van der Waals surface area contributed by atoms with Crippen LogP contribution in [0.4, 0.5) is 0 Å². The van der Waals surface area contributed by atoms with E-state index < -0.39 is 17.9 Å². The number of halogens is 1. The minimum absolute atomic E-state index is 0.00977. The molecule has 152 valence electrons. The van der Waals surface area contributed by atoms with Crippen LogP contribution in [0.1, 0.15) is 6.92 Å². The normalized spacial score (nSPS) is 26.4. The Morgan fingerprint density at radius 2 is 2.14 bits per heavy atom. The lowest BCUT2D eigenvalue weighted by atomic mass is 10.2. The quantitative estimate of drug-likeness (QED) is 0.318. The van der Waals surface area contributed by atoms with Crippen LogP contribution in [0.2, 0.25) is 0 Å². The number of nitrogens with zero attached hydrogens (tertiary/aromatic N) is 2. The molecule has 0 spiro atoms. The molecule has 2 unspecified atom stereocenters. The third kappa shape index (κ3) is 5.27. The number of carbonyl (C=O) groups is 2. The average Bonchev–Trinajstić information content (AvgIpc) is 2.71. The molecule has 2 atom stereocenters. The number of carboxylic acids is 1. The topological polar surface area (TPSA) is 158 Å². The maximum absolute atomic E-state index is 12.5. The summed E-state index contributed by atoms with van der Waals surface area (Å²) in [5.41, 5.74) is 12.0. The second kappa shape index (κ2) is 9.29. The number of carboxylic acid groups (broad SMARTS) is 1. The number of hydrogen-bond acceptors (Lipinski definition) is 8. The van der Waals surface area contributed by atoms with Gasteiger partial charge in [-0.15, -0.1) is 0 Å². The highest BCUT2D eigenvalue weighted by Crippen LogP contribution is 2.11. The van der Waals surface area contributed by atoms with Crippen molar-refractivity contribution in [2.45, 2.75) is 19.1 Å². The van der Waals surface area contributed by atoms with Gasteiger partial charge in [-0.05, 0) is 18.7 Å². The second-order valence-electron chi connectivity index (χ2n) is 6.13. The van der Waals surface area contributed by atoms with Crippen LogP contribution in [0.5, 0.6) is 0 Å². The molecule has 0 aromatic carbocycles. The standard InChI is InChI=1S/C17H24ClN7O3/c1-3-25-7-6-10(17(27)28)5-4-9(2)22-11(25)8-21-16(26)12-14(19)24-15(20)13(18)23-12/h4-6,11-12,22-23H,2-3,7-8,20H2,1H3,(H2,19,24)(H,21,26)(H,27,28)/b5-4-,10-6+. The first-order valence-electron chi connectivity index (χ1n) is 8.57. The molecule has 0 fully saturated rings. The number of carbonyl (C=O) groups excluding carboxylic acids is 1. The zero-order chi connectivity index (χ0) is 20.8. The number of amidine groups is 1. The number of allylic oxidation sites excluding steroid dienone is 1. The van der Waals surface area contributed by atoms with Gasteiger partial charge >= 0.3 is 5.97 Å². The monoisotopic (exact) mass is 409 g/mol. The minimum atomic E-state index is -1.02. The van der Waals surface area contributed by atoms with E-state index in [1.165, 1.54) is 6.08 Å². The Morgan fingerprint density at radius 3 is 2.79 bits per heavy atom. The molecule has 8 N–H and O–H groups in total. The fraction of sp³-hybridized carbons (Fsp3) is 0.353. The van der Waals surface area contributed by atoms with E-state index in [0.717, 1.165) is 0 Å². The molecule has 0 radical (unpaired) electrons. The van der Waals surface area contributed by atoms with E-state index in [-0.39, 0.29) is 35.1 Å². The summed E-state index contributed by atoms with van der Waals surface area (Å²) in [6.45, 7) is 6.99. The number of aliphatic imine (C=N–C) groups is 1. The number of likely N-dealkylation sites (N-methyl/N-ethyl adjacent to an activating group) is 1. The van der Waals surface area contributed by atoms with Crippen LogP contribution < -0.4 is 27.4 Å².